The molecule has 0 aliphatic rings. The Hall–Kier alpha value is -3.26. The molecule has 0 atom stereocenters. The van der Waals surface area contributed by atoms with Crippen LogP contribution in [-0.4, -0.2) is 32.6 Å². The Labute approximate surface area is 147 Å². The summed E-state index contributed by atoms with van der Waals surface area (Å²) in [5.74, 6) is -0.419. The second-order valence-corrected chi connectivity index (χ2v) is 5.56. The first kappa shape index (κ1) is 16.6. The number of nitro groups is 1. The number of halogens is 1. The van der Waals surface area contributed by atoms with Crippen molar-refractivity contribution in [2.45, 2.75) is 0 Å². The predicted molar refractivity (Wildman–Crippen MR) is 92.2 cm³/mol. The van der Waals surface area contributed by atoms with E-state index in [-0.39, 0.29) is 11.5 Å². The molecule has 3 aromatic rings. The molecule has 0 unspecified atom stereocenters. The fraction of sp³-hybridized carbons (Fsp3) is 0.0625. The van der Waals surface area contributed by atoms with Crippen LogP contribution in [0.5, 0.6) is 0 Å². The monoisotopic (exact) mass is 357 g/mol. The van der Waals surface area contributed by atoms with Gasteiger partial charge in [-0.2, -0.15) is 0 Å². The van der Waals surface area contributed by atoms with E-state index in [1.165, 1.54) is 40.2 Å². The van der Waals surface area contributed by atoms with Gasteiger partial charge in [0.25, 0.3) is 11.6 Å². The van der Waals surface area contributed by atoms with Crippen LogP contribution in [0.15, 0.2) is 54.9 Å². The van der Waals surface area contributed by atoms with Crippen LogP contribution >= 0.6 is 11.6 Å². The average molecular weight is 358 g/mol. The maximum Gasteiger partial charge on any atom is 0.297 e. The fourth-order valence-electron chi connectivity index (χ4n) is 2.14. The molecule has 3 rings (SSSR count). The molecule has 0 saturated heterocycles. The average Bonchev–Trinajstić information content (AvgIpc) is 3.11. The van der Waals surface area contributed by atoms with Crippen LogP contribution in [0.2, 0.25) is 5.02 Å². The standard InChI is InChI=1S/C16H12ClN5O3/c1-20(12-6-8-14(9-7-12)22(24)25)16(23)15-18-10-21(19-15)13-4-2-11(17)3-5-13/h2-10H,1H3. The highest BCUT2D eigenvalue weighted by Crippen LogP contribution is 2.19. The lowest BCUT2D eigenvalue weighted by Gasteiger charge is -2.15. The van der Waals surface area contributed by atoms with E-state index in [2.05, 4.69) is 10.1 Å². The zero-order chi connectivity index (χ0) is 18.0. The quantitative estimate of drug-likeness (QED) is 0.528. The van der Waals surface area contributed by atoms with Crippen LogP contribution < -0.4 is 4.90 Å². The SMILES string of the molecule is CN(C(=O)c1ncn(-c2ccc(Cl)cc2)n1)c1ccc([N+](=O)[O-])cc1. The third-order valence-electron chi connectivity index (χ3n) is 3.53. The molecule has 9 heteroatoms. The molecular formula is C16H12ClN5O3. The van der Waals surface area contributed by atoms with Gasteiger partial charge in [0, 0.05) is 29.9 Å². The Morgan fingerprint density at radius 2 is 1.80 bits per heavy atom. The van der Waals surface area contributed by atoms with E-state index in [0.717, 1.165) is 0 Å². The topological polar surface area (TPSA) is 94.2 Å². The van der Waals surface area contributed by atoms with Gasteiger partial charge in [-0.15, -0.1) is 5.10 Å². The van der Waals surface area contributed by atoms with Crippen LogP contribution in [0, 0.1) is 10.1 Å². The van der Waals surface area contributed by atoms with E-state index in [1.807, 2.05) is 0 Å². The van der Waals surface area contributed by atoms with E-state index >= 15 is 0 Å². The summed E-state index contributed by atoms with van der Waals surface area (Å²) in [6, 6.07) is 12.6. The normalized spacial score (nSPS) is 10.5. The van der Waals surface area contributed by atoms with Crippen molar-refractivity contribution in [3.8, 4) is 5.69 Å². The fourth-order valence-corrected chi connectivity index (χ4v) is 2.27. The number of benzene rings is 2. The first-order chi connectivity index (χ1) is 12.0. The number of carbonyl (C=O) groups excluding carboxylic acids is 1. The largest absolute Gasteiger partial charge is 0.309 e. The molecule has 0 aliphatic carbocycles. The van der Waals surface area contributed by atoms with E-state index in [1.54, 1.807) is 31.3 Å². The Morgan fingerprint density at radius 1 is 1.16 bits per heavy atom. The number of hydrogen-bond acceptors (Lipinski definition) is 5. The summed E-state index contributed by atoms with van der Waals surface area (Å²) in [5.41, 5.74) is 1.17. The third-order valence-corrected chi connectivity index (χ3v) is 3.78. The number of aromatic nitrogens is 3. The molecule has 0 bridgehead atoms. The lowest BCUT2D eigenvalue weighted by Crippen LogP contribution is -2.27. The molecule has 0 fully saturated rings. The summed E-state index contributed by atoms with van der Waals surface area (Å²) in [7, 11) is 1.55. The summed E-state index contributed by atoms with van der Waals surface area (Å²) >= 11 is 5.85. The van der Waals surface area contributed by atoms with Gasteiger partial charge in [-0.25, -0.2) is 9.67 Å². The van der Waals surface area contributed by atoms with Crippen molar-refractivity contribution in [3.63, 3.8) is 0 Å². The Kier molecular flexibility index (Phi) is 4.44. The maximum absolute atomic E-state index is 12.5. The summed E-state index contributed by atoms with van der Waals surface area (Å²) < 4.78 is 1.47. The molecule has 1 aromatic heterocycles. The zero-order valence-corrected chi connectivity index (χ0v) is 13.8. The molecule has 0 radical (unpaired) electrons. The van der Waals surface area contributed by atoms with Crippen LogP contribution in [0.1, 0.15) is 10.6 Å². The van der Waals surface area contributed by atoms with Gasteiger partial charge in [-0.05, 0) is 36.4 Å². The minimum atomic E-state index is -0.499. The highest BCUT2D eigenvalue weighted by molar-refractivity contribution is 6.30. The third kappa shape index (κ3) is 3.48. The summed E-state index contributed by atoms with van der Waals surface area (Å²) in [5, 5.41) is 15.5. The smallest absolute Gasteiger partial charge is 0.297 e. The van der Waals surface area contributed by atoms with Gasteiger partial charge < -0.3 is 4.90 Å². The molecule has 0 saturated carbocycles. The first-order valence-corrected chi connectivity index (χ1v) is 7.53. The highest BCUT2D eigenvalue weighted by Gasteiger charge is 2.19. The van der Waals surface area contributed by atoms with Gasteiger partial charge in [-0.3, -0.25) is 14.9 Å². The molecule has 2 aromatic carbocycles. The van der Waals surface area contributed by atoms with Crippen molar-refractivity contribution < 1.29 is 9.72 Å². The molecule has 0 aliphatic heterocycles. The molecule has 1 heterocycles. The zero-order valence-electron chi connectivity index (χ0n) is 13.0. The van der Waals surface area contributed by atoms with Crippen molar-refractivity contribution in [2.24, 2.45) is 0 Å². The molecular weight excluding hydrogens is 346 g/mol. The lowest BCUT2D eigenvalue weighted by atomic mass is 10.2. The summed E-state index contributed by atoms with van der Waals surface area (Å²) in [4.78, 5) is 28.0. The lowest BCUT2D eigenvalue weighted by molar-refractivity contribution is -0.384. The number of nitro benzene ring substituents is 1. The molecule has 126 valence electrons. The van der Waals surface area contributed by atoms with Crippen LogP contribution in [0.3, 0.4) is 0 Å². The predicted octanol–water partition coefficient (Wildman–Crippen LogP) is 3.11. The summed E-state index contributed by atoms with van der Waals surface area (Å²) in [6.07, 6.45) is 1.43. The molecule has 1 amide bonds. The first-order valence-electron chi connectivity index (χ1n) is 7.16. The van der Waals surface area contributed by atoms with Gasteiger partial charge in [0.2, 0.25) is 5.82 Å². The number of non-ortho nitro benzene ring substituents is 1. The molecule has 0 N–H and O–H groups in total. The number of nitrogens with zero attached hydrogens (tertiary/aromatic N) is 5. The van der Waals surface area contributed by atoms with Crippen molar-refractivity contribution >= 4 is 28.9 Å². The molecule has 8 nitrogen and oxygen atoms in total. The van der Waals surface area contributed by atoms with Crippen molar-refractivity contribution in [2.75, 3.05) is 11.9 Å². The number of carbonyl (C=O) groups is 1. The second-order valence-electron chi connectivity index (χ2n) is 5.13. The van der Waals surface area contributed by atoms with Crippen LogP contribution in [-0.2, 0) is 0 Å². The van der Waals surface area contributed by atoms with Gasteiger partial charge in [0.05, 0.1) is 10.6 Å². The number of amides is 1. The number of hydrogen-bond donors (Lipinski definition) is 0. The maximum atomic E-state index is 12.5. The second kappa shape index (κ2) is 6.70. The molecule has 25 heavy (non-hydrogen) atoms. The highest BCUT2D eigenvalue weighted by atomic mass is 35.5. The van der Waals surface area contributed by atoms with E-state index in [0.29, 0.717) is 16.4 Å². The molecule has 0 spiro atoms. The van der Waals surface area contributed by atoms with Crippen molar-refractivity contribution in [3.05, 3.63) is 75.8 Å². The van der Waals surface area contributed by atoms with E-state index in [4.69, 9.17) is 11.6 Å². The Balaban J connectivity index is 1.80. The number of anilines is 1. The van der Waals surface area contributed by atoms with E-state index < -0.39 is 10.8 Å². The number of rotatable bonds is 4. The van der Waals surface area contributed by atoms with E-state index in [9.17, 15) is 14.9 Å². The Morgan fingerprint density at radius 3 is 2.40 bits per heavy atom. The summed E-state index contributed by atoms with van der Waals surface area (Å²) in [6.45, 7) is 0. The van der Waals surface area contributed by atoms with Crippen LogP contribution in [0.4, 0.5) is 11.4 Å². The van der Waals surface area contributed by atoms with Crippen molar-refractivity contribution in [1.82, 2.24) is 14.8 Å². The van der Waals surface area contributed by atoms with Crippen LogP contribution in [0.25, 0.3) is 5.69 Å². The van der Waals surface area contributed by atoms with Gasteiger partial charge in [0.1, 0.15) is 6.33 Å². The minimum absolute atomic E-state index is 0.0100. The van der Waals surface area contributed by atoms with Gasteiger partial charge >= 0.3 is 0 Å². The van der Waals surface area contributed by atoms with Crippen molar-refractivity contribution in [1.29, 1.82) is 0 Å². The Bertz CT molecular complexity index is 922. The van der Waals surface area contributed by atoms with Gasteiger partial charge in [-0.1, -0.05) is 11.6 Å². The van der Waals surface area contributed by atoms with Gasteiger partial charge in [0.15, 0.2) is 0 Å². The minimum Gasteiger partial charge on any atom is -0.309 e.